The summed E-state index contributed by atoms with van der Waals surface area (Å²) in [5.74, 6) is 1.76. The molecule has 1 atom stereocenters. The Morgan fingerprint density at radius 2 is 2.22 bits per heavy atom. The van der Waals surface area contributed by atoms with Crippen molar-refractivity contribution < 1.29 is 9.53 Å². The van der Waals surface area contributed by atoms with Crippen LogP contribution in [0, 0.1) is 6.92 Å². The molecule has 0 fully saturated rings. The van der Waals surface area contributed by atoms with Crippen LogP contribution in [0.15, 0.2) is 0 Å². The third kappa shape index (κ3) is 4.61. The van der Waals surface area contributed by atoms with Crippen molar-refractivity contribution in [3.63, 3.8) is 0 Å². The standard InChI is InChI=1S/C13H21NO2S2/c1-5-11-14-9(3)13(18-11)10(4)16-12(15)7-8-17-6-2/h10H,5-8H2,1-4H3/t10-/m0/s1. The van der Waals surface area contributed by atoms with E-state index in [4.69, 9.17) is 4.74 Å². The first-order valence-corrected chi connectivity index (χ1v) is 8.29. The predicted molar refractivity (Wildman–Crippen MR) is 78.4 cm³/mol. The lowest BCUT2D eigenvalue weighted by atomic mass is 10.3. The van der Waals surface area contributed by atoms with Gasteiger partial charge in [0.1, 0.15) is 6.10 Å². The number of carbonyl (C=O) groups is 1. The minimum absolute atomic E-state index is 0.116. The van der Waals surface area contributed by atoms with E-state index in [2.05, 4.69) is 18.8 Å². The molecule has 1 rings (SSSR count). The topological polar surface area (TPSA) is 39.2 Å². The van der Waals surface area contributed by atoms with Gasteiger partial charge in [-0.1, -0.05) is 13.8 Å². The zero-order valence-electron chi connectivity index (χ0n) is 11.5. The van der Waals surface area contributed by atoms with Gasteiger partial charge in [0.25, 0.3) is 0 Å². The maximum Gasteiger partial charge on any atom is 0.307 e. The van der Waals surface area contributed by atoms with Crippen molar-refractivity contribution in [2.75, 3.05) is 11.5 Å². The van der Waals surface area contributed by atoms with Crippen molar-refractivity contribution in [1.82, 2.24) is 4.98 Å². The Hall–Kier alpha value is -0.550. The number of hydrogen-bond donors (Lipinski definition) is 0. The van der Waals surface area contributed by atoms with Gasteiger partial charge >= 0.3 is 5.97 Å². The third-order valence-electron chi connectivity index (χ3n) is 2.51. The van der Waals surface area contributed by atoms with Gasteiger partial charge in [0.2, 0.25) is 0 Å². The van der Waals surface area contributed by atoms with E-state index in [0.717, 1.165) is 33.5 Å². The molecule has 3 nitrogen and oxygen atoms in total. The van der Waals surface area contributed by atoms with Crippen LogP contribution in [0.3, 0.4) is 0 Å². The summed E-state index contributed by atoms with van der Waals surface area (Å²) < 4.78 is 5.44. The molecular formula is C13H21NO2S2. The molecule has 5 heteroatoms. The summed E-state index contributed by atoms with van der Waals surface area (Å²) in [7, 11) is 0. The van der Waals surface area contributed by atoms with Gasteiger partial charge in [0.05, 0.1) is 22.0 Å². The molecule has 0 amide bonds. The first-order chi connectivity index (χ1) is 8.58. The van der Waals surface area contributed by atoms with Crippen LogP contribution < -0.4 is 0 Å². The highest BCUT2D eigenvalue weighted by Gasteiger charge is 2.17. The minimum Gasteiger partial charge on any atom is -0.457 e. The highest BCUT2D eigenvalue weighted by molar-refractivity contribution is 7.99. The van der Waals surface area contributed by atoms with Gasteiger partial charge in [0, 0.05) is 5.75 Å². The van der Waals surface area contributed by atoms with Gasteiger partial charge in [0.15, 0.2) is 0 Å². The van der Waals surface area contributed by atoms with E-state index < -0.39 is 0 Å². The Kier molecular flexibility index (Phi) is 6.71. The number of rotatable bonds is 7. The molecule has 0 aromatic carbocycles. The van der Waals surface area contributed by atoms with E-state index in [1.165, 1.54) is 0 Å². The average Bonchev–Trinajstić information content (AvgIpc) is 2.71. The summed E-state index contributed by atoms with van der Waals surface area (Å²) in [6.45, 7) is 8.07. The summed E-state index contributed by atoms with van der Waals surface area (Å²) in [5, 5.41) is 1.10. The SMILES string of the molecule is CCSCCC(=O)O[C@@H](C)c1sc(CC)nc1C. The second-order valence-corrected chi connectivity index (χ2v) is 6.50. The van der Waals surface area contributed by atoms with Gasteiger partial charge in [-0.15, -0.1) is 11.3 Å². The Labute approximate surface area is 117 Å². The number of hydrogen-bond acceptors (Lipinski definition) is 5. The molecule has 0 aliphatic rings. The fourth-order valence-corrected chi connectivity index (χ4v) is 3.19. The van der Waals surface area contributed by atoms with Crippen LogP contribution in [0.4, 0.5) is 0 Å². The average molecular weight is 287 g/mol. The van der Waals surface area contributed by atoms with Crippen LogP contribution in [0.2, 0.25) is 0 Å². The molecule has 0 radical (unpaired) electrons. The number of thioether (sulfide) groups is 1. The zero-order valence-corrected chi connectivity index (χ0v) is 13.1. The van der Waals surface area contributed by atoms with Crippen LogP contribution in [0.1, 0.15) is 48.9 Å². The lowest BCUT2D eigenvalue weighted by Gasteiger charge is -2.12. The molecule has 0 unspecified atom stereocenters. The fraction of sp³-hybridized carbons (Fsp3) is 0.692. The van der Waals surface area contributed by atoms with Crippen LogP contribution in [0.25, 0.3) is 0 Å². The Balaban J connectivity index is 2.50. The summed E-state index contributed by atoms with van der Waals surface area (Å²) in [5.41, 5.74) is 0.986. The van der Waals surface area contributed by atoms with Gasteiger partial charge in [-0.2, -0.15) is 11.8 Å². The van der Waals surface area contributed by atoms with E-state index in [1.807, 2.05) is 13.8 Å². The van der Waals surface area contributed by atoms with E-state index in [-0.39, 0.29) is 12.1 Å². The van der Waals surface area contributed by atoms with Crippen molar-refractivity contribution in [3.05, 3.63) is 15.6 Å². The quantitative estimate of drug-likeness (QED) is 0.565. The Bertz CT molecular complexity index is 390. The first kappa shape index (κ1) is 15.5. The maximum absolute atomic E-state index is 11.6. The second-order valence-electron chi connectivity index (χ2n) is 3.99. The summed E-state index contributed by atoms with van der Waals surface area (Å²) in [4.78, 5) is 17.2. The van der Waals surface area contributed by atoms with Crippen LogP contribution in [0.5, 0.6) is 0 Å². The lowest BCUT2D eigenvalue weighted by molar-refractivity contribution is -0.147. The maximum atomic E-state index is 11.6. The number of ether oxygens (including phenoxy) is 1. The van der Waals surface area contributed by atoms with Crippen LogP contribution in [-0.4, -0.2) is 22.5 Å². The molecule has 18 heavy (non-hydrogen) atoms. The molecule has 0 N–H and O–H groups in total. The van der Waals surface area contributed by atoms with Gasteiger partial charge in [-0.05, 0) is 26.0 Å². The number of esters is 1. The molecular weight excluding hydrogens is 266 g/mol. The normalized spacial score (nSPS) is 12.4. The first-order valence-electron chi connectivity index (χ1n) is 6.31. The highest BCUT2D eigenvalue weighted by atomic mass is 32.2. The smallest absolute Gasteiger partial charge is 0.307 e. The summed E-state index contributed by atoms with van der Waals surface area (Å²) in [6.07, 6.45) is 1.24. The van der Waals surface area contributed by atoms with E-state index in [1.54, 1.807) is 23.1 Å². The summed E-state index contributed by atoms with van der Waals surface area (Å²) in [6, 6.07) is 0. The van der Waals surface area contributed by atoms with Gasteiger partial charge < -0.3 is 4.74 Å². The summed E-state index contributed by atoms with van der Waals surface area (Å²) >= 11 is 3.40. The molecule has 0 saturated heterocycles. The molecule has 0 aliphatic carbocycles. The Morgan fingerprint density at radius 1 is 1.50 bits per heavy atom. The minimum atomic E-state index is -0.179. The molecule has 1 aromatic heterocycles. The van der Waals surface area contributed by atoms with Crippen molar-refractivity contribution in [2.45, 2.75) is 46.6 Å². The third-order valence-corrected chi connectivity index (χ3v) is 4.88. The number of carbonyl (C=O) groups excluding carboxylic acids is 1. The molecule has 102 valence electrons. The Morgan fingerprint density at radius 3 is 2.78 bits per heavy atom. The van der Waals surface area contributed by atoms with Crippen molar-refractivity contribution in [2.24, 2.45) is 0 Å². The van der Waals surface area contributed by atoms with Crippen molar-refractivity contribution >= 4 is 29.1 Å². The fourth-order valence-electron chi connectivity index (χ4n) is 1.60. The predicted octanol–water partition coefficient (Wildman–Crippen LogP) is 3.76. The monoisotopic (exact) mass is 287 g/mol. The van der Waals surface area contributed by atoms with E-state index in [9.17, 15) is 4.79 Å². The largest absolute Gasteiger partial charge is 0.457 e. The van der Waals surface area contributed by atoms with Crippen molar-refractivity contribution in [1.29, 1.82) is 0 Å². The molecule has 0 aliphatic heterocycles. The zero-order chi connectivity index (χ0) is 13.5. The number of thiazole rings is 1. The highest BCUT2D eigenvalue weighted by Crippen LogP contribution is 2.28. The molecule has 1 aromatic rings. The molecule has 1 heterocycles. The number of aryl methyl sites for hydroxylation is 2. The van der Waals surface area contributed by atoms with Gasteiger partial charge in [-0.3, -0.25) is 4.79 Å². The number of nitrogens with zero attached hydrogens (tertiary/aromatic N) is 1. The van der Waals surface area contributed by atoms with E-state index in [0.29, 0.717) is 6.42 Å². The lowest BCUT2D eigenvalue weighted by Crippen LogP contribution is -2.09. The van der Waals surface area contributed by atoms with Crippen molar-refractivity contribution in [3.8, 4) is 0 Å². The van der Waals surface area contributed by atoms with E-state index >= 15 is 0 Å². The van der Waals surface area contributed by atoms with Crippen LogP contribution in [-0.2, 0) is 16.0 Å². The molecule has 0 spiro atoms. The molecule has 0 bridgehead atoms. The van der Waals surface area contributed by atoms with Gasteiger partial charge in [-0.25, -0.2) is 4.98 Å². The molecule has 0 saturated carbocycles. The van der Waals surface area contributed by atoms with Crippen LogP contribution >= 0.6 is 23.1 Å². The second kappa shape index (κ2) is 7.79. The number of aromatic nitrogens is 1.